The van der Waals surface area contributed by atoms with E-state index in [1.807, 2.05) is 26.0 Å². The third kappa shape index (κ3) is 7.54. The van der Waals surface area contributed by atoms with Gasteiger partial charge in [-0.2, -0.15) is 0 Å². The van der Waals surface area contributed by atoms with Crippen LogP contribution in [0.1, 0.15) is 80.0 Å². The number of para-hydroxylation sites is 1. The van der Waals surface area contributed by atoms with Gasteiger partial charge in [0, 0.05) is 11.6 Å². The van der Waals surface area contributed by atoms with Crippen molar-refractivity contribution in [3.8, 4) is 5.75 Å². The molecular weight excluding hydrogens is 376 g/mol. The molecule has 0 saturated heterocycles. The van der Waals surface area contributed by atoms with Gasteiger partial charge in [0.05, 0.1) is 17.9 Å². The van der Waals surface area contributed by atoms with Crippen LogP contribution >= 0.6 is 0 Å². The summed E-state index contributed by atoms with van der Waals surface area (Å²) in [6, 6.07) is 14.2. The minimum absolute atomic E-state index is 0.0699. The molecule has 2 aromatic rings. The monoisotopic (exact) mass is 410 g/mol. The van der Waals surface area contributed by atoms with Gasteiger partial charge in [0.1, 0.15) is 5.75 Å². The molecule has 0 heterocycles. The van der Waals surface area contributed by atoms with E-state index in [4.69, 9.17) is 4.74 Å². The van der Waals surface area contributed by atoms with E-state index < -0.39 is 0 Å². The fourth-order valence-electron chi connectivity index (χ4n) is 2.99. The minimum Gasteiger partial charge on any atom is -0.494 e. The van der Waals surface area contributed by atoms with Gasteiger partial charge >= 0.3 is 0 Å². The largest absolute Gasteiger partial charge is 0.494 e. The van der Waals surface area contributed by atoms with E-state index in [-0.39, 0.29) is 17.9 Å². The number of anilines is 1. The lowest BCUT2D eigenvalue weighted by atomic mass is 10.1. The highest BCUT2D eigenvalue weighted by molar-refractivity contribution is 6.09. The van der Waals surface area contributed by atoms with Crippen LogP contribution < -0.4 is 15.4 Å². The molecule has 0 aromatic heterocycles. The van der Waals surface area contributed by atoms with Crippen LogP contribution in [0.15, 0.2) is 48.5 Å². The molecule has 0 aliphatic heterocycles. The number of hydrogen-bond acceptors (Lipinski definition) is 3. The number of nitrogens with one attached hydrogen (secondary N) is 2. The van der Waals surface area contributed by atoms with Crippen molar-refractivity contribution in [2.45, 2.75) is 65.3 Å². The first-order valence-corrected chi connectivity index (χ1v) is 11.0. The van der Waals surface area contributed by atoms with Gasteiger partial charge in [-0.05, 0) is 56.2 Å². The van der Waals surface area contributed by atoms with E-state index in [2.05, 4.69) is 17.6 Å². The Bertz CT molecular complexity index is 802. The van der Waals surface area contributed by atoms with Gasteiger partial charge in [0.15, 0.2) is 0 Å². The average molecular weight is 411 g/mol. The predicted molar refractivity (Wildman–Crippen MR) is 122 cm³/mol. The molecule has 0 aliphatic carbocycles. The first-order valence-electron chi connectivity index (χ1n) is 11.0. The number of benzene rings is 2. The van der Waals surface area contributed by atoms with Crippen LogP contribution in [-0.4, -0.2) is 24.5 Å². The summed E-state index contributed by atoms with van der Waals surface area (Å²) in [6.45, 7) is 6.86. The molecule has 0 aliphatic rings. The van der Waals surface area contributed by atoms with Gasteiger partial charge in [-0.15, -0.1) is 0 Å². The summed E-state index contributed by atoms with van der Waals surface area (Å²) in [4.78, 5) is 25.2. The molecule has 0 fully saturated rings. The molecule has 2 rings (SSSR count). The third-order valence-corrected chi connectivity index (χ3v) is 5.04. The number of hydrogen-bond donors (Lipinski definition) is 2. The summed E-state index contributed by atoms with van der Waals surface area (Å²) >= 11 is 0. The normalized spacial score (nSPS) is 11.6. The zero-order chi connectivity index (χ0) is 21.8. The molecule has 30 heavy (non-hydrogen) atoms. The summed E-state index contributed by atoms with van der Waals surface area (Å²) < 4.78 is 5.75. The maximum Gasteiger partial charge on any atom is 0.255 e. The second kappa shape index (κ2) is 12.7. The lowest BCUT2D eigenvalue weighted by molar-refractivity contribution is 0.0940. The van der Waals surface area contributed by atoms with E-state index >= 15 is 0 Å². The SMILES string of the molecule is CCCCCCCOc1ccc(C(=O)Nc2ccccc2C(=O)NC(C)CC)cc1. The van der Waals surface area contributed by atoms with Crippen LogP contribution in [0.3, 0.4) is 0 Å². The quantitative estimate of drug-likeness (QED) is 0.434. The highest BCUT2D eigenvalue weighted by atomic mass is 16.5. The van der Waals surface area contributed by atoms with Crippen molar-refractivity contribution in [3.63, 3.8) is 0 Å². The molecule has 0 bridgehead atoms. The van der Waals surface area contributed by atoms with Gasteiger partial charge in [-0.1, -0.05) is 51.7 Å². The van der Waals surface area contributed by atoms with Crippen molar-refractivity contribution in [1.29, 1.82) is 0 Å². The van der Waals surface area contributed by atoms with Crippen molar-refractivity contribution >= 4 is 17.5 Å². The van der Waals surface area contributed by atoms with E-state index in [9.17, 15) is 9.59 Å². The fourth-order valence-corrected chi connectivity index (χ4v) is 2.99. The van der Waals surface area contributed by atoms with Gasteiger partial charge in [0.2, 0.25) is 0 Å². The topological polar surface area (TPSA) is 67.4 Å². The Morgan fingerprint density at radius 1 is 0.900 bits per heavy atom. The van der Waals surface area contributed by atoms with Crippen LogP contribution in [0.25, 0.3) is 0 Å². The second-order valence-corrected chi connectivity index (χ2v) is 7.57. The molecule has 0 spiro atoms. The Balaban J connectivity index is 1.93. The van der Waals surface area contributed by atoms with Crippen LogP contribution in [0, 0.1) is 0 Å². The predicted octanol–water partition coefficient (Wildman–Crippen LogP) is 5.82. The van der Waals surface area contributed by atoms with Crippen molar-refractivity contribution in [2.75, 3.05) is 11.9 Å². The zero-order valence-corrected chi connectivity index (χ0v) is 18.4. The highest BCUT2D eigenvalue weighted by Crippen LogP contribution is 2.18. The summed E-state index contributed by atoms with van der Waals surface area (Å²) in [5.41, 5.74) is 1.47. The standard InChI is InChI=1S/C25H34N2O3/c1-4-6-7-8-11-18-30-21-16-14-20(15-17-21)24(28)27-23-13-10-9-12-22(23)25(29)26-19(3)5-2/h9-10,12-17,19H,4-8,11,18H2,1-3H3,(H,26,29)(H,27,28). The van der Waals surface area contributed by atoms with Gasteiger partial charge in [0.25, 0.3) is 11.8 Å². The molecular formula is C25H34N2O3. The van der Waals surface area contributed by atoms with Crippen LogP contribution in [0.4, 0.5) is 5.69 Å². The molecule has 2 N–H and O–H groups in total. The molecule has 1 atom stereocenters. The van der Waals surface area contributed by atoms with E-state index in [1.165, 1.54) is 25.7 Å². The number of rotatable bonds is 12. The van der Waals surface area contributed by atoms with Gasteiger partial charge < -0.3 is 15.4 Å². The number of ether oxygens (including phenoxy) is 1. The lowest BCUT2D eigenvalue weighted by Crippen LogP contribution is -2.32. The van der Waals surface area contributed by atoms with Gasteiger partial charge in [-0.3, -0.25) is 9.59 Å². The summed E-state index contributed by atoms with van der Waals surface area (Å²) in [6.07, 6.45) is 6.81. The Morgan fingerprint density at radius 2 is 1.60 bits per heavy atom. The van der Waals surface area contributed by atoms with E-state index in [1.54, 1.807) is 36.4 Å². The number of unbranched alkanes of at least 4 members (excludes halogenated alkanes) is 4. The number of carbonyl (C=O) groups is 2. The minimum atomic E-state index is -0.259. The summed E-state index contributed by atoms with van der Waals surface area (Å²) in [5, 5.41) is 5.79. The van der Waals surface area contributed by atoms with Crippen molar-refractivity contribution in [2.24, 2.45) is 0 Å². The van der Waals surface area contributed by atoms with E-state index in [0.29, 0.717) is 23.4 Å². The molecule has 2 aromatic carbocycles. The number of amides is 2. The Morgan fingerprint density at radius 3 is 2.30 bits per heavy atom. The molecule has 0 radical (unpaired) electrons. The molecule has 5 nitrogen and oxygen atoms in total. The zero-order valence-electron chi connectivity index (χ0n) is 18.4. The Kier molecular flexibility index (Phi) is 9.92. The average Bonchev–Trinajstić information content (AvgIpc) is 2.76. The molecule has 162 valence electrons. The van der Waals surface area contributed by atoms with Crippen molar-refractivity contribution in [3.05, 3.63) is 59.7 Å². The first-order chi connectivity index (χ1) is 14.5. The third-order valence-electron chi connectivity index (χ3n) is 5.04. The molecule has 2 amide bonds. The van der Waals surface area contributed by atoms with Crippen LogP contribution in [0.2, 0.25) is 0 Å². The summed E-state index contributed by atoms with van der Waals surface area (Å²) in [7, 11) is 0. The van der Waals surface area contributed by atoms with Crippen molar-refractivity contribution < 1.29 is 14.3 Å². The smallest absolute Gasteiger partial charge is 0.255 e. The fraction of sp³-hybridized carbons (Fsp3) is 0.440. The van der Waals surface area contributed by atoms with E-state index in [0.717, 1.165) is 18.6 Å². The Labute approximate surface area is 180 Å². The highest BCUT2D eigenvalue weighted by Gasteiger charge is 2.15. The maximum atomic E-state index is 12.7. The van der Waals surface area contributed by atoms with Crippen LogP contribution in [0.5, 0.6) is 5.75 Å². The van der Waals surface area contributed by atoms with Gasteiger partial charge in [-0.25, -0.2) is 0 Å². The molecule has 0 saturated carbocycles. The Hall–Kier alpha value is -2.82. The summed E-state index contributed by atoms with van der Waals surface area (Å²) in [5.74, 6) is 0.309. The van der Waals surface area contributed by atoms with Crippen molar-refractivity contribution in [1.82, 2.24) is 5.32 Å². The lowest BCUT2D eigenvalue weighted by Gasteiger charge is -2.15. The first kappa shape index (κ1) is 23.5. The molecule has 5 heteroatoms. The molecule has 1 unspecified atom stereocenters. The van der Waals surface area contributed by atoms with Crippen LogP contribution in [-0.2, 0) is 0 Å². The number of carbonyl (C=O) groups excluding carboxylic acids is 2. The second-order valence-electron chi connectivity index (χ2n) is 7.57. The maximum absolute atomic E-state index is 12.7.